The second-order valence-corrected chi connectivity index (χ2v) is 5.61. The van der Waals surface area contributed by atoms with Crippen molar-refractivity contribution in [1.82, 2.24) is 4.90 Å². The van der Waals surface area contributed by atoms with Gasteiger partial charge in [-0.2, -0.15) is 0 Å². The molecule has 0 aliphatic carbocycles. The van der Waals surface area contributed by atoms with E-state index >= 15 is 0 Å². The van der Waals surface area contributed by atoms with E-state index in [2.05, 4.69) is 12.2 Å². The highest BCUT2D eigenvalue weighted by atomic mass is 16.5. The molecule has 0 aliphatic heterocycles. The van der Waals surface area contributed by atoms with E-state index in [-0.39, 0.29) is 18.4 Å². The third-order valence-corrected chi connectivity index (χ3v) is 3.60. The Morgan fingerprint density at radius 1 is 1.00 bits per heavy atom. The van der Waals surface area contributed by atoms with Crippen molar-refractivity contribution < 1.29 is 14.3 Å². The lowest BCUT2D eigenvalue weighted by Gasteiger charge is -2.12. The lowest BCUT2D eigenvalue weighted by Crippen LogP contribution is -2.27. The maximum Gasteiger partial charge on any atom is 0.259 e. The number of carbonyl (C=O) groups is 2. The molecular formula is C19H22N2O3. The average molecular weight is 326 g/mol. The molecule has 0 saturated carbocycles. The van der Waals surface area contributed by atoms with Crippen LogP contribution in [0.1, 0.15) is 22.8 Å². The van der Waals surface area contributed by atoms with Crippen molar-refractivity contribution in [2.24, 2.45) is 0 Å². The number of nitrogens with zero attached hydrogens (tertiary/aromatic N) is 1. The van der Waals surface area contributed by atoms with Gasteiger partial charge >= 0.3 is 0 Å². The van der Waals surface area contributed by atoms with Crippen LogP contribution in [-0.2, 0) is 11.2 Å². The van der Waals surface area contributed by atoms with Crippen molar-refractivity contribution in [1.29, 1.82) is 0 Å². The molecule has 0 aliphatic rings. The standard InChI is InChI=1S/C19H22N2O3/c1-4-14-5-7-15(8-6-14)19(23)20-16-9-11-17(12-10-16)24-13-18(22)21(2)3/h5-12H,4,13H2,1-3H3,(H,20,23). The molecule has 5 nitrogen and oxygen atoms in total. The summed E-state index contributed by atoms with van der Waals surface area (Å²) in [5.74, 6) is 0.313. The molecule has 126 valence electrons. The highest BCUT2D eigenvalue weighted by molar-refractivity contribution is 6.04. The van der Waals surface area contributed by atoms with Crippen molar-refractivity contribution in [2.45, 2.75) is 13.3 Å². The largest absolute Gasteiger partial charge is 0.484 e. The Labute approximate surface area is 142 Å². The zero-order chi connectivity index (χ0) is 17.5. The molecule has 5 heteroatoms. The van der Waals surface area contributed by atoms with E-state index in [9.17, 15) is 9.59 Å². The maximum absolute atomic E-state index is 12.2. The Bertz CT molecular complexity index is 692. The monoisotopic (exact) mass is 326 g/mol. The van der Waals surface area contributed by atoms with Gasteiger partial charge in [0, 0.05) is 25.3 Å². The van der Waals surface area contributed by atoms with E-state index in [0.717, 1.165) is 6.42 Å². The van der Waals surface area contributed by atoms with Crippen LogP contribution in [0.5, 0.6) is 5.75 Å². The van der Waals surface area contributed by atoms with Gasteiger partial charge in [-0.15, -0.1) is 0 Å². The van der Waals surface area contributed by atoms with Crippen LogP contribution in [-0.4, -0.2) is 37.4 Å². The zero-order valence-electron chi connectivity index (χ0n) is 14.2. The molecule has 0 spiro atoms. The molecule has 0 saturated heterocycles. The Hall–Kier alpha value is -2.82. The van der Waals surface area contributed by atoms with Gasteiger partial charge in [0.15, 0.2) is 6.61 Å². The third kappa shape index (κ3) is 4.84. The number of likely N-dealkylation sites (N-methyl/N-ethyl adjacent to an activating group) is 1. The van der Waals surface area contributed by atoms with Gasteiger partial charge in [0.25, 0.3) is 11.8 Å². The fourth-order valence-corrected chi connectivity index (χ4v) is 2.00. The fraction of sp³-hybridized carbons (Fsp3) is 0.263. The summed E-state index contributed by atoms with van der Waals surface area (Å²) in [4.78, 5) is 25.1. The predicted octanol–water partition coefficient (Wildman–Crippen LogP) is 2.97. The number of carbonyl (C=O) groups excluding carboxylic acids is 2. The average Bonchev–Trinajstić information content (AvgIpc) is 2.60. The number of nitrogens with one attached hydrogen (secondary N) is 1. The summed E-state index contributed by atoms with van der Waals surface area (Å²) in [6.07, 6.45) is 0.944. The van der Waals surface area contributed by atoms with Crippen molar-refractivity contribution in [3.63, 3.8) is 0 Å². The molecule has 0 bridgehead atoms. The van der Waals surface area contributed by atoms with E-state index in [0.29, 0.717) is 17.0 Å². The number of ether oxygens (including phenoxy) is 1. The molecule has 0 unspecified atom stereocenters. The molecule has 2 aromatic carbocycles. The summed E-state index contributed by atoms with van der Waals surface area (Å²) in [6, 6.07) is 14.5. The number of benzene rings is 2. The van der Waals surface area contributed by atoms with Crippen LogP contribution in [0, 0.1) is 0 Å². The van der Waals surface area contributed by atoms with Gasteiger partial charge in [-0.05, 0) is 48.4 Å². The number of rotatable bonds is 6. The molecular weight excluding hydrogens is 304 g/mol. The fourth-order valence-electron chi connectivity index (χ4n) is 2.00. The summed E-state index contributed by atoms with van der Waals surface area (Å²) in [5, 5.41) is 2.84. The molecule has 0 heterocycles. The summed E-state index contributed by atoms with van der Waals surface area (Å²) in [5.41, 5.74) is 2.48. The summed E-state index contributed by atoms with van der Waals surface area (Å²) in [7, 11) is 3.36. The SMILES string of the molecule is CCc1ccc(C(=O)Nc2ccc(OCC(=O)N(C)C)cc2)cc1. The van der Waals surface area contributed by atoms with Crippen LogP contribution in [0.3, 0.4) is 0 Å². The molecule has 2 amide bonds. The number of anilines is 1. The van der Waals surface area contributed by atoms with Crippen molar-refractivity contribution in [3.05, 3.63) is 59.7 Å². The van der Waals surface area contributed by atoms with Crippen molar-refractivity contribution in [3.8, 4) is 5.75 Å². The number of aryl methyl sites for hydroxylation is 1. The van der Waals surface area contributed by atoms with E-state index in [1.165, 1.54) is 10.5 Å². The van der Waals surface area contributed by atoms with Gasteiger partial charge in [-0.1, -0.05) is 19.1 Å². The smallest absolute Gasteiger partial charge is 0.259 e. The molecule has 1 N–H and O–H groups in total. The van der Waals surface area contributed by atoms with Gasteiger partial charge in [-0.3, -0.25) is 9.59 Å². The number of amides is 2. The van der Waals surface area contributed by atoms with Crippen LogP contribution in [0.4, 0.5) is 5.69 Å². The first-order chi connectivity index (χ1) is 11.5. The Morgan fingerprint density at radius 3 is 2.17 bits per heavy atom. The first kappa shape index (κ1) is 17.5. The van der Waals surface area contributed by atoms with Crippen LogP contribution in [0.2, 0.25) is 0 Å². The molecule has 2 aromatic rings. The predicted molar refractivity (Wildman–Crippen MR) is 94.4 cm³/mol. The van der Waals surface area contributed by atoms with E-state index in [1.807, 2.05) is 24.3 Å². The molecule has 0 atom stereocenters. The van der Waals surface area contributed by atoms with E-state index in [1.54, 1.807) is 38.4 Å². The maximum atomic E-state index is 12.2. The lowest BCUT2D eigenvalue weighted by molar-refractivity contribution is -0.130. The van der Waals surface area contributed by atoms with Crippen LogP contribution in [0.25, 0.3) is 0 Å². The second kappa shape index (κ2) is 8.15. The van der Waals surface area contributed by atoms with E-state index < -0.39 is 0 Å². The van der Waals surface area contributed by atoms with Gasteiger partial charge in [0.05, 0.1) is 0 Å². The minimum atomic E-state index is -0.158. The highest BCUT2D eigenvalue weighted by Gasteiger charge is 2.07. The molecule has 0 radical (unpaired) electrons. The zero-order valence-corrected chi connectivity index (χ0v) is 14.2. The van der Waals surface area contributed by atoms with Crippen molar-refractivity contribution in [2.75, 3.05) is 26.0 Å². The lowest BCUT2D eigenvalue weighted by atomic mass is 10.1. The highest BCUT2D eigenvalue weighted by Crippen LogP contribution is 2.17. The van der Waals surface area contributed by atoms with Gasteiger partial charge in [-0.25, -0.2) is 0 Å². The molecule has 0 aromatic heterocycles. The first-order valence-corrected chi connectivity index (χ1v) is 7.83. The topological polar surface area (TPSA) is 58.6 Å². The summed E-state index contributed by atoms with van der Waals surface area (Å²) < 4.78 is 5.40. The summed E-state index contributed by atoms with van der Waals surface area (Å²) in [6.45, 7) is 2.06. The Kier molecular flexibility index (Phi) is 5.95. The second-order valence-electron chi connectivity index (χ2n) is 5.61. The first-order valence-electron chi connectivity index (χ1n) is 7.83. The third-order valence-electron chi connectivity index (χ3n) is 3.60. The minimum Gasteiger partial charge on any atom is -0.484 e. The van der Waals surface area contributed by atoms with E-state index in [4.69, 9.17) is 4.74 Å². The van der Waals surface area contributed by atoms with Gasteiger partial charge < -0.3 is 15.0 Å². The minimum absolute atomic E-state index is 0.0114. The number of hydrogen-bond donors (Lipinski definition) is 1. The molecule has 24 heavy (non-hydrogen) atoms. The van der Waals surface area contributed by atoms with Crippen LogP contribution >= 0.6 is 0 Å². The van der Waals surface area contributed by atoms with Crippen LogP contribution < -0.4 is 10.1 Å². The number of hydrogen-bond acceptors (Lipinski definition) is 3. The quantitative estimate of drug-likeness (QED) is 0.888. The Morgan fingerprint density at radius 2 is 1.62 bits per heavy atom. The van der Waals surface area contributed by atoms with Gasteiger partial charge in [0.2, 0.25) is 0 Å². The normalized spacial score (nSPS) is 10.1. The van der Waals surface area contributed by atoms with Crippen LogP contribution in [0.15, 0.2) is 48.5 Å². The Balaban J connectivity index is 1.93. The van der Waals surface area contributed by atoms with Crippen molar-refractivity contribution >= 4 is 17.5 Å². The molecule has 2 rings (SSSR count). The summed E-state index contributed by atoms with van der Waals surface area (Å²) >= 11 is 0. The molecule has 0 fully saturated rings. The van der Waals surface area contributed by atoms with Gasteiger partial charge in [0.1, 0.15) is 5.75 Å².